The Kier molecular flexibility index (Phi) is 4.85. The van der Waals surface area contributed by atoms with Gasteiger partial charge in [-0.1, -0.05) is 29.5 Å². The van der Waals surface area contributed by atoms with E-state index in [9.17, 15) is 14.3 Å². The maximum atomic E-state index is 13.2. The minimum atomic E-state index is -0.399. The molecule has 25 heavy (non-hydrogen) atoms. The molecular weight excluding hydrogens is 323 g/mol. The molecule has 0 unspecified atom stereocenters. The smallest absolute Gasteiger partial charge is 0.277 e. The van der Waals surface area contributed by atoms with Crippen LogP contribution in [0.5, 0.6) is 0 Å². The highest BCUT2D eigenvalue weighted by molar-refractivity contribution is 6.03. The van der Waals surface area contributed by atoms with Gasteiger partial charge < -0.3 is 10.4 Å². The Bertz CT molecular complexity index is 908. The first-order valence-electron chi connectivity index (χ1n) is 7.71. The molecule has 0 fully saturated rings. The van der Waals surface area contributed by atoms with Crippen LogP contribution in [0, 0.1) is 12.7 Å². The van der Waals surface area contributed by atoms with Crippen LogP contribution in [0.4, 0.5) is 10.1 Å². The van der Waals surface area contributed by atoms with Crippen LogP contribution in [-0.2, 0) is 13.2 Å². The van der Waals surface area contributed by atoms with Crippen molar-refractivity contribution in [1.82, 2.24) is 15.0 Å². The van der Waals surface area contributed by atoms with Crippen molar-refractivity contribution in [1.29, 1.82) is 0 Å². The van der Waals surface area contributed by atoms with E-state index >= 15 is 0 Å². The van der Waals surface area contributed by atoms with Crippen LogP contribution in [0.15, 0.2) is 48.7 Å². The average molecular weight is 340 g/mol. The molecule has 0 aliphatic rings. The standard InChI is InChI=1S/C18H17FN4O2/c1-12-5-6-14(11-24)8-16(12)20-18(25)17-10-23(22-21-17)9-13-3-2-4-15(19)7-13/h2-8,10,24H,9,11H2,1H3,(H,20,25). The summed E-state index contributed by atoms with van der Waals surface area (Å²) >= 11 is 0. The molecule has 0 spiro atoms. The van der Waals surface area contributed by atoms with Crippen LogP contribution in [-0.4, -0.2) is 26.0 Å². The van der Waals surface area contributed by atoms with Gasteiger partial charge in [-0.3, -0.25) is 4.79 Å². The number of aryl methyl sites for hydroxylation is 1. The zero-order valence-electron chi connectivity index (χ0n) is 13.6. The summed E-state index contributed by atoms with van der Waals surface area (Å²) in [5, 5.41) is 19.7. The van der Waals surface area contributed by atoms with Crippen LogP contribution in [0.1, 0.15) is 27.2 Å². The van der Waals surface area contributed by atoms with Crippen molar-refractivity contribution >= 4 is 11.6 Å². The molecule has 2 aromatic carbocycles. The molecule has 0 aliphatic carbocycles. The first kappa shape index (κ1) is 16.8. The molecule has 6 nitrogen and oxygen atoms in total. The van der Waals surface area contributed by atoms with Crippen LogP contribution in [0.2, 0.25) is 0 Å². The maximum absolute atomic E-state index is 13.2. The molecule has 1 amide bonds. The average Bonchev–Trinajstić information content (AvgIpc) is 3.05. The summed E-state index contributed by atoms with van der Waals surface area (Å²) in [4.78, 5) is 12.3. The number of aliphatic hydroxyl groups excluding tert-OH is 1. The topological polar surface area (TPSA) is 80.0 Å². The van der Waals surface area contributed by atoms with Crippen molar-refractivity contribution in [3.8, 4) is 0 Å². The monoisotopic (exact) mass is 340 g/mol. The van der Waals surface area contributed by atoms with Crippen molar-refractivity contribution in [3.63, 3.8) is 0 Å². The lowest BCUT2D eigenvalue weighted by molar-refractivity contribution is 0.102. The first-order valence-corrected chi connectivity index (χ1v) is 7.71. The number of benzene rings is 2. The fourth-order valence-corrected chi connectivity index (χ4v) is 2.39. The summed E-state index contributed by atoms with van der Waals surface area (Å²) in [6.45, 7) is 2.07. The van der Waals surface area contributed by atoms with Crippen LogP contribution in [0.25, 0.3) is 0 Å². The molecule has 0 atom stereocenters. The Morgan fingerprint density at radius 3 is 2.84 bits per heavy atom. The van der Waals surface area contributed by atoms with E-state index in [1.807, 2.05) is 13.0 Å². The molecule has 128 valence electrons. The van der Waals surface area contributed by atoms with Gasteiger partial charge in [0.1, 0.15) is 5.82 Å². The molecule has 1 aromatic heterocycles. The van der Waals surface area contributed by atoms with Gasteiger partial charge >= 0.3 is 0 Å². The number of hydrogen-bond donors (Lipinski definition) is 2. The van der Waals surface area contributed by atoms with Crippen LogP contribution >= 0.6 is 0 Å². The second-order valence-electron chi connectivity index (χ2n) is 5.69. The Morgan fingerprint density at radius 1 is 1.24 bits per heavy atom. The minimum absolute atomic E-state index is 0.104. The lowest BCUT2D eigenvalue weighted by Crippen LogP contribution is -2.13. The first-order chi connectivity index (χ1) is 12.0. The zero-order chi connectivity index (χ0) is 17.8. The lowest BCUT2D eigenvalue weighted by atomic mass is 10.1. The predicted molar refractivity (Wildman–Crippen MR) is 90.6 cm³/mol. The molecule has 1 heterocycles. The third-order valence-corrected chi connectivity index (χ3v) is 3.74. The van der Waals surface area contributed by atoms with E-state index in [0.717, 1.165) is 11.1 Å². The number of hydrogen-bond acceptors (Lipinski definition) is 4. The molecule has 0 aliphatic heterocycles. The normalized spacial score (nSPS) is 10.7. The summed E-state index contributed by atoms with van der Waals surface area (Å²) in [5.74, 6) is -0.724. The van der Waals surface area contributed by atoms with Crippen molar-refractivity contribution in [2.45, 2.75) is 20.1 Å². The molecule has 3 rings (SSSR count). The summed E-state index contributed by atoms with van der Waals surface area (Å²) in [6, 6.07) is 11.5. The van der Waals surface area contributed by atoms with Gasteiger partial charge in [0.2, 0.25) is 0 Å². The molecule has 7 heteroatoms. The second-order valence-corrected chi connectivity index (χ2v) is 5.69. The fraction of sp³-hybridized carbons (Fsp3) is 0.167. The van der Waals surface area contributed by atoms with Gasteiger partial charge in [0.05, 0.1) is 19.3 Å². The number of nitrogens with zero attached hydrogens (tertiary/aromatic N) is 3. The molecular formula is C18H17FN4O2. The molecule has 3 aromatic rings. The molecule has 0 saturated carbocycles. The number of amides is 1. The Balaban J connectivity index is 1.72. The van der Waals surface area contributed by atoms with E-state index in [4.69, 9.17) is 0 Å². The van der Waals surface area contributed by atoms with Gasteiger partial charge in [0.25, 0.3) is 5.91 Å². The number of carbonyl (C=O) groups excluding carboxylic acids is 1. The Hall–Kier alpha value is -3.06. The number of aliphatic hydroxyl groups is 1. The highest BCUT2D eigenvalue weighted by Crippen LogP contribution is 2.17. The van der Waals surface area contributed by atoms with Crippen molar-refractivity contribution in [3.05, 3.63) is 76.9 Å². The van der Waals surface area contributed by atoms with Crippen molar-refractivity contribution in [2.24, 2.45) is 0 Å². The minimum Gasteiger partial charge on any atom is -0.392 e. The van der Waals surface area contributed by atoms with Gasteiger partial charge in [-0.15, -0.1) is 5.10 Å². The summed E-state index contributed by atoms with van der Waals surface area (Å²) < 4.78 is 14.7. The van der Waals surface area contributed by atoms with Gasteiger partial charge in [0.15, 0.2) is 5.69 Å². The predicted octanol–water partition coefficient (Wildman–Crippen LogP) is 2.52. The number of anilines is 1. The number of halogens is 1. The van der Waals surface area contributed by atoms with Crippen LogP contribution < -0.4 is 5.32 Å². The van der Waals surface area contributed by atoms with E-state index in [1.165, 1.54) is 23.0 Å². The molecule has 2 N–H and O–H groups in total. The quantitative estimate of drug-likeness (QED) is 0.748. The van der Waals surface area contributed by atoms with E-state index in [0.29, 0.717) is 17.8 Å². The fourth-order valence-electron chi connectivity index (χ4n) is 2.39. The molecule has 0 bridgehead atoms. The van der Waals surface area contributed by atoms with E-state index < -0.39 is 5.91 Å². The van der Waals surface area contributed by atoms with Gasteiger partial charge in [0, 0.05) is 5.69 Å². The number of carbonyl (C=O) groups is 1. The van der Waals surface area contributed by atoms with Gasteiger partial charge in [-0.2, -0.15) is 0 Å². The highest BCUT2D eigenvalue weighted by Gasteiger charge is 2.13. The van der Waals surface area contributed by atoms with Crippen molar-refractivity contribution in [2.75, 3.05) is 5.32 Å². The number of nitrogens with one attached hydrogen (secondary N) is 1. The largest absolute Gasteiger partial charge is 0.392 e. The lowest BCUT2D eigenvalue weighted by Gasteiger charge is -2.08. The Morgan fingerprint density at radius 2 is 2.08 bits per heavy atom. The van der Waals surface area contributed by atoms with Gasteiger partial charge in [-0.05, 0) is 41.8 Å². The van der Waals surface area contributed by atoms with Crippen LogP contribution in [0.3, 0.4) is 0 Å². The number of aromatic nitrogens is 3. The highest BCUT2D eigenvalue weighted by atomic mass is 19.1. The number of rotatable bonds is 5. The Labute approximate surface area is 143 Å². The zero-order valence-corrected chi connectivity index (χ0v) is 13.6. The molecule has 0 saturated heterocycles. The maximum Gasteiger partial charge on any atom is 0.277 e. The third-order valence-electron chi connectivity index (χ3n) is 3.74. The summed E-state index contributed by atoms with van der Waals surface area (Å²) in [5.41, 5.74) is 3.07. The third kappa shape index (κ3) is 4.07. The van der Waals surface area contributed by atoms with Gasteiger partial charge in [-0.25, -0.2) is 9.07 Å². The van der Waals surface area contributed by atoms with E-state index in [-0.39, 0.29) is 18.1 Å². The summed E-state index contributed by atoms with van der Waals surface area (Å²) in [6.07, 6.45) is 1.51. The SMILES string of the molecule is Cc1ccc(CO)cc1NC(=O)c1cn(Cc2cccc(F)c2)nn1. The summed E-state index contributed by atoms with van der Waals surface area (Å²) in [7, 11) is 0. The van der Waals surface area contributed by atoms with E-state index in [1.54, 1.807) is 24.3 Å². The molecule has 0 radical (unpaired) electrons. The second kappa shape index (κ2) is 7.23. The van der Waals surface area contributed by atoms with E-state index in [2.05, 4.69) is 15.6 Å². The van der Waals surface area contributed by atoms with Crippen molar-refractivity contribution < 1.29 is 14.3 Å².